The lowest BCUT2D eigenvalue weighted by Crippen LogP contribution is -2.32. The van der Waals surface area contributed by atoms with Crippen LogP contribution in [0, 0.1) is 6.92 Å². The minimum Gasteiger partial charge on any atom is -0.356 e. The maximum atomic E-state index is 5.40. The van der Waals surface area contributed by atoms with Crippen molar-refractivity contribution in [3.05, 3.63) is 65.7 Å². The predicted octanol–water partition coefficient (Wildman–Crippen LogP) is 4.43. The Morgan fingerprint density at radius 3 is 2.35 bits per heavy atom. The SMILES string of the molecule is CC[C@@H](NC(=S)Nc1ccccc1)c1ccccc1C. The lowest BCUT2D eigenvalue weighted by Gasteiger charge is -2.21. The van der Waals surface area contributed by atoms with Crippen LogP contribution in [0.2, 0.25) is 0 Å². The van der Waals surface area contributed by atoms with Gasteiger partial charge in [0.2, 0.25) is 0 Å². The van der Waals surface area contributed by atoms with Crippen molar-refractivity contribution in [3.63, 3.8) is 0 Å². The monoisotopic (exact) mass is 284 g/mol. The molecule has 2 nitrogen and oxygen atoms in total. The molecule has 104 valence electrons. The van der Waals surface area contributed by atoms with Gasteiger partial charge in [-0.05, 0) is 48.8 Å². The van der Waals surface area contributed by atoms with E-state index in [0.29, 0.717) is 5.11 Å². The molecule has 0 amide bonds. The quantitative estimate of drug-likeness (QED) is 0.812. The number of hydrogen-bond donors (Lipinski definition) is 2. The Hall–Kier alpha value is -1.87. The average molecular weight is 284 g/mol. The van der Waals surface area contributed by atoms with Gasteiger partial charge in [-0.1, -0.05) is 49.4 Å². The number of anilines is 1. The number of para-hydroxylation sites is 1. The Labute approximate surface area is 126 Å². The van der Waals surface area contributed by atoms with E-state index < -0.39 is 0 Å². The highest BCUT2D eigenvalue weighted by molar-refractivity contribution is 7.80. The summed E-state index contributed by atoms with van der Waals surface area (Å²) < 4.78 is 0. The molecule has 0 aliphatic heterocycles. The molecule has 0 aromatic heterocycles. The Morgan fingerprint density at radius 2 is 1.70 bits per heavy atom. The van der Waals surface area contributed by atoms with Gasteiger partial charge >= 0.3 is 0 Å². The average Bonchev–Trinajstić information content (AvgIpc) is 2.46. The molecule has 2 aromatic carbocycles. The molecule has 0 aliphatic rings. The predicted molar refractivity (Wildman–Crippen MR) is 90.0 cm³/mol. The van der Waals surface area contributed by atoms with Crippen molar-refractivity contribution in [2.24, 2.45) is 0 Å². The van der Waals surface area contributed by atoms with Crippen LogP contribution in [0.3, 0.4) is 0 Å². The van der Waals surface area contributed by atoms with E-state index in [4.69, 9.17) is 12.2 Å². The number of hydrogen-bond acceptors (Lipinski definition) is 1. The van der Waals surface area contributed by atoms with Crippen molar-refractivity contribution in [1.29, 1.82) is 0 Å². The highest BCUT2D eigenvalue weighted by Crippen LogP contribution is 2.20. The summed E-state index contributed by atoms with van der Waals surface area (Å²) in [4.78, 5) is 0. The fourth-order valence-corrected chi connectivity index (χ4v) is 2.48. The molecule has 0 spiro atoms. The summed E-state index contributed by atoms with van der Waals surface area (Å²) in [5.41, 5.74) is 3.59. The molecule has 1 atom stereocenters. The molecule has 0 heterocycles. The molecule has 0 saturated heterocycles. The van der Waals surface area contributed by atoms with Gasteiger partial charge in [-0.3, -0.25) is 0 Å². The Kier molecular flexibility index (Phi) is 5.13. The van der Waals surface area contributed by atoms with Gasteiger partial charge in [0.25, 0.3) is 0 Å². The second-order valence-electron chi connectivity index (χ2n) is 4.78. The maximum Gasteiger partial charge on any atom is 0.171 e. The van der Waals surface area contributed by atoms with Crippen molar-refractivity contribution in [2.75, 3.05) is 5.32 Å². The van der Waals surface area contributed by atoms with Gasteiger partial charge in [0.1, 0.15) is 0 Å². The Balaban J connectivity index is 2.04. The lowest BCUT2D eigenvalue weighted by atomic mass is 10.00. The molecule has 2 aromatic rings. The summed E-state index contributed by atoms with van der Waals surface area (Å²) >= 11 is 5.40. The molecule has 2 N–H and O–H groups in total. The van der Waals surface area contributed by atoms with Crippen LogP contribution in [0.5, 0.6) is 0 Å². The number of nitrogens with one attached hydrogen (secondary N) is 2. The van der Waals surface area contributed by atoms with E-state index >= 15 is 0 Å². The minimum absolute atomic E-state index is 0.236. The Bertz CT molecular complexity index is 566. The van der Waals surface area contributed by atoms with Crippen molar-refractivity contribution in [3.8, 4) is 0 Å². The highest BCUT2D eigenvalue weighted by atomic mass is 32.1. The molecule has 0 saturated carbocycles. The van der Waals surface area contributed by atoms with E-state index in [1.807, 2.05) is 30.3 Å². The van der Waals surface area contributed by atoms with Crippen LogP contribution in [0.15, 0.2) is 54.6 Å². The van der Waals surface area contributed by atoms with Crippen molar-refractivity contribution < 1.29 is 0 Å². The summed E-state index contributed by atoms with van der Waals surface area (Å²) in [5.74, 6) is 0. The standard InChI is InChI=1S/C17H20N2S/c1-3-16(15-12-8-7-9-13(15)2)19-17(20)18-14-10-5-4-6-11-14/h4-12,16H,3H2,1-2H3,(H2,18,19,20)/t16-/m1/s1. The first kappa shape index (κ1) is 14.5. The normalized spacial score (nSPS) is 11.7. The summed E-state index contributed by atoms with van der Waals surface area (Å²) in [6, 6.07) is 18.6. The molecule has 3 heteroatoms. The summed E-state index contributed by atoms with van der Waals surface area (Å²) in [7, 11) is 0. The van der Waals surface area contributed by atoms with Crippen molar-refractivity contribution >= 4 is 23.0 Å². The molecule has 0 bridgehead atoms. The number of benzene rings is 2. The van der Waals surface area contributed by atoms with E-state index in [-0.39, 0.29) is 6.04 Å². The topological polar surface area (TPSA) is 24.1 Å². The second kappa shape index (κ2) is 7.06. The molecular weight excluding hydrogens is 264 g/mol. The van der Waals surface area contributed by atoms with Gasteiger partial charge in [0, 0.05) is 5.69 Å². The van der Waals surface area contributed by atoms with Crippen LogP contribution in [0.1, 0.15) is 30.5 Å². The van der Waals surface area contributed by atoms with Crippen LogP contribution in [-0.4, -0.2) is 5.11 Å². The molecule has 2 rings (SSSR count). The van der Waals surface area contributed by atoms with Crippen molar-refractivity contribution in [2.45, 2.75) is 26.3 Å². The molecule has 0 radical (unpaired) electrons. The number of rotatable bonds is 4. The summed E-state index contributed by atoms with van der Waals surface area (Å²) in [6.45, 7) is 4.29. The largest absolute Gasteiger partial charge is 0.356 e. The third kappa shape index (κ3) is 3.81. The van der Waals surface area contributed by atoms with Gasteiger partial charge in [-0.25, -0.2) is 0 Å². The van der Waals surface area contributed by atoms with Crippen LogP contribution in [-0.2, 0) is 0 Å². The van der Waals surface area contributed by atoms with Crippen LogP contribution in [0.25, 0.3) is 0 Å². The van der Waals surface area contributed by atoms with Gasteiger partial charge < -0.3 is 10.6 Å². The minimum atomic E-state index is 0.236. The first-order valence-electron chi connectivity index (χ1n) is 6.88. The van der Waals surface area contributed by atoms with Gasteiger partial charge in [-0.15, -0.1) is 0 Å². The summed E-state index contributed by atoms with van der Waals surface area (Å²) in [5, 5.41) is 7.27. The zero-order valence-corrected chi connectivity index (χ0v) is 12.7. The van der Waals surface area contributed by atoms with Crippen LogP contribution < -0.4 is 10.6 Å². The van der Waals surface area contributed by atoms with Gasteiger partial charge in [0.15, 0.2) is 5.11 Å². The zero-order valence-electron chi connectivity index (χ0n) is 11.9. The second-order valence-corrected chi connectivity index (χ2v) is 5.19. The fraction of sp³-hybridized carbons (Fsp3) is 0.235. The van der Waals surface area contributed by atoms with Crippen LogP contribution in [0.4, 0.5) is 5.69 Å². The first-order valence-corrected chi connectivity index (χ1v) is 7.29. The lowest BCUT2D eigenvalue weighted by molar-refractivity contribution is 0.625. The van der Waals surface area contributed by atoms with E-state index in [9.17, 15) is 0 Å². The third-order valence-corrected chi connectivity index (χ3v) is 3.53. The Morgan fingerprint density at radius 1 is 1.05 bits per heavy atom. The molecule has 0 unspecified atom stereocenters. The third-order valence-electron chi connectivity index (χ3n) is 3.31. The molecule has 20 heavy (non-hydrogen) atoms. The van der Waals surface area contributed by atoms with Crippen LogP contribution >= 0.6 is 12.2 Å². The molecule has 0 fully saturated rings. The van der Waals surface area contributed by atoms with Crippen molar-refractivity contribution in [1.82, 2.24) is 5.32 Å². The number of thiocarbonyl (C=S) groups is 1. The smallest absolute Gasteiger partial charge is 0.171 e. The highest BCUT2D eigenvalue weighted by Gasteiger charge is 2.12. The van der Waals surface area contributed by atoms with Gasteiger partial charge in [-0.2, -0.15) is 0 Å². The molecular formula is C17H20N2S. The first-order chi connectivity index (χ1) is 9.70. The fourth-order valence-electron chi connectivity index (χ4n) is 2.22. The maximum absolute atomic E-state index is 5.40. The molecule has 0 aliphatic carbocycles. The zero-order chi connectivity index (χ0) is 14.4. The summed E-state index contributed by atoms with van der Waals surface area (Å²) in [6.07, 6.45) is 0.988. The number of aryl methyl sites for hydroxylation is 1. The van der Waals surface area contributed by atoms with Gasteiger partial charge in [0.05, 0.1) is 6.04 Å². The van der Waals surface area contributed by atoms with E-state index in [1.165, 1.54) is 11.1 Å². The van der Waals surface area contributed by atoms with E-state index in [2.05, 4.69) is 48.7 Å². The van der Waals surface area contributed by atoms with E-state index in [1.54, 1.807) is 0 Å². The van der Waals surface area contributed by atoms with E-state index in [0.717, 1.165) is 12.1 Å².